The van der Waals surface area contributed by atoms with Crippen LogP contribution in [0.25, 0.3) is 0 Å². The first-order valence-electron chi connectivity index (χ1n) is 3.33. The molecule has 0 N–H and O–H groups in total. The standard InChI is InChI=1S/C9H7ClO2/c1-12-9(11)6-7-3-2-4-8(10)5-7/h2-5H,1H3. The van der Waals surface area contributed by atoms with Crippen molar-refractivity contribution in [2.75, 3.05) is 7.11 Å². The van der Waals surface area contributed by atoms with E-state index in [4.69, 9.17) is 11.6 Å². The summed E-state index contributed by atoms with van der Waals surface area (Å²) in [6.07, 6.45) is 2.49. The molecule has 0 aliphatic rings. The molecule has 1 rings (SSSR count). The maximum Gasteiger partial charge on any atom is 0.191 e. The lowest BCUT2D eigenvalue weighted by atomic mass is 10.2. The molecular formula is C9H7ClO2. The molecule has 1 aromatic rings. The first-order chi connectivity index (χ1) is 5.72. The minimum absolute atomic E-state index is 0.503. The largest absolute Gasteiger partial charge is 0.601 e. The number of ether oxygens (including phenoxy) is 1. The molecule has 0 saturated heterocycles. The van der Waals surface area contributed by atoms with Gasteiger partial charge in [0.15, 0.2) is 11.5 Å². The average molecular weight is 183 g/mol. The van der Waals surface area contributed by atoms with E-state index in [0.29, 0.717) is 10.6 Å². The van der Waals surface area contributed by atoms with Crippen LogP contribution in [0.3, 0.4) is 0 Å². The lowest BCUT2D eigenvalue weighted by Crippen LogP contribution is -2.05. The highest BCUT2D eigenvalue weighted by molar-refractivity contribution is 6.30. The zero-order chi connectivity index (χ0) is 8.97. The molecule has 3 heteroatoms. The smallest absolute Gasteiger partial charge is 0.191 e. The summed E-state index contributed by atoms with van der Waals surface area (Å²) in [5.74, 6) is -0.503. The van der Waals surface area contributed by atoms with E-state index in [9.17, 15) is 5.11 Å². The van der Waals surface area contributed by atoms with Gasteiger partial charge in [-0.25, -0.2) is 0 Å². The topological polar surface area (TPSA) is 32.3 Å². The quantitative estimate of drug-likeness (QED) is 0.511. The van der Waals surface area contributed by atoms with E-state index in [1.54, 1.807) is 24.3 Å². The Balaban J connectivity index is 2.89. The van der Waals surface area contributed by atoms with Gasteiger partial charge < -0.3 is 9.84 Å². The molecule has 0 radical (unpaired) electrons. The van der Waals surface area contributed by atoms with Crippen molar-refractivity contribution in [2.45, 2.75) is 0 Å². The Morgan fingerprint density at radius 2 is 2.33 bits per heavy atom. The van der Waals surface area contributed by atoms with Crippen molar-refractivity contribution in [2.24, 2.45) is 0 Å². The van der Waals surface area contributed by atoms with E-state index in [1.165, 1.54) is 7.11 Å². The summed E-state index contributed by atoms with van der Waals surface area (Å²) in [6, 6.07) is 6.83. The lowest BCUT2D eigenvalue weighted by Gasteiger charge is -2.00. The Bertz CT molecular complexity index is 294. The fraction of sp³-hybridized carbons (Fsp3) is 0.111. The van der Waals surface area contributed by atoms with E-state index in [0.717, 1.165) is 0 Å². The van der Waals surface area contributed by atoms with Crippen molar-refractivity contribution in [1.82, 2.24) is 0 Å². The number of rotatable bonds is 2. The molecule has 0 saturated carbocycles. The molecule has 0 unspecified atom stereocenters. The lowest BCUT2D eigenvalue weighted by molar-refractivity contribution is -0.354. The minimum Gasteiger partial charge on any atom is -0.601 e. The number of hydrogen-bond donors (Lipinski definition) is 0. The molecule has 1 aromatic carbocycles. The highest BCUT2D eigenvalue weighted by atomic mass is 35.5. The van der Waals surface area contributed by atoms with Crippen LogP contribution in [0.4, 0.5) is 0 Å². The average Bonchev–Trinajstić information content (AvgIpc) is 2.04. The number of benzene rings is 1. The third kappa shape index (κ3) is 2.42. The second-order valence-electron chi connectivity index (χ2n) is 2.13. The fourth-order valence-electron chi connectivity index (χ4n) is 0.735. The SMILES string of the molecule is COC([O-])=[C+]c1cccc(Cl)c1. The van der Waals surface area contributed by atoms with E-state index in [2.05, 4.69) is 10.8 Å². The van der Waals surface area contributed by atoms with Gasteiger partial charge in [-0.15, -0.1) is 0 Å². The molecule has 0 fully saturated rings. The normalized spacial score (nSPS) is 10.7. The molecule has 2 nitrogen and oxygen atoms in total. The third-order valence-electron chi connectivity index (χ3n) is 1.26. The van der Waals surface area contributed by atoms with Crippen LogP contribution in [0.15, 0.2) is 30.2 Å². The molecule has 0 atom stereocenters. The van der Waals surface area contributed by atoms with Gasteiger partial charge in [-0.1, -0.05) is 11.6 Å². The molecule has 0 aromatic heterocycles. The van der Waals surface area contributed by atoms with Gasteiger partial charge in [-0.05, 0) is 19.2 Å². The molecule has 0 bridgehead atoms. The van der Waals surface area contributed by atoms with Crippen molar-refractivity contribution >= 4 is 11.6 Å². The Labute approximate surface area is 76.0 Å². The van der Waals surface area contributed by atoms with Gasteiger partial charge >= 0.3 is 0 Å². The van der Waals surface area contributed by atoms with E-state index < -0.39 is 5.95 Å². The monoisotopic (exact) mass is 182 g/mol. The van der Waals surface area contributed by atoms with Crippen molar-refractivity contribution in [1.29, 1.82) is 0 Å². The van der Waals surface area contributed by atoms with Crippen molar-refractivity contribution < 1.29 is 9.84 Å². The molecule has 0 heterocycles. The van der Waals surface area contributed by atoms with Crippen LogP contribution in [0.1, 0.15) is 5.56 Å². The number of hydrogen-bond acceptors (Lipinski definition) is 2. The fourth-order valence-corrected chi connectivity index (χ4v) is 0.925. The first kappa shape index (κ1) is 8.85. The van der Waals surface area contributed by atoms with Gasteiger partial charge in [0.1, 0.15) is 0 Å². The van der Waals surface area contributed by atoms with Crippen LogP contribution in [0.2, 0.25) is 5.02 Å². The first-order valence-corrected chi connectivity index (χ1v) is 3.70. The summed E-state index contributed by atoms with van der Waals surface area (Å²) >= 11 is 5.68. The van der Waals surface area contributed by atoms with Gasteiger partial charge in [-0.3, -0.25) is 0 Å². The Morgan fingerprint density at radius 1 is 1.58 bits per heavy atom. The van der Waals surface area contributed by atoms with Crippen LogP contribution >= 0.6 is 11.6 Å². The van der Waals surface area contributed by atoms with Gasteiger partial charge in [0.25, 0.3) is 0 Å². The third-order valence-corrected chi connectivity index (χ3v) is 1.49. The summed E-state index contributed by atoms with van der Waals surface area (Å²) in [4.78, 5) is 0. The minimum atomic E-state index is -0.503. The molecule has 0 aliphatic carbocycles. The van der Waals surface area contributed by atoms with Gasteiger partial charge in [-0.2, -0.15) is 0 Å². The molecular weight excluding hydrogens is 176 g/mol. The van der Waals surface area contributed by atoms with Crippen LogP contribution in [-0.2, 0) is 4.74 Å². The zero-order valence-electron chi connectivity index (χ0n) is 6.50. The van der Waals surface area contributed by atoms with Crippen LogP contribution in [0, 0.1) is 6.08 Å². The predicted molar refractivity (Wildman–Crippen MR) is 44.3 cm³/mol. The highest BCUT2D eigenvalue weighted by Crippen LogP contribution is 2.10. The summed E-state index contributed by atoms with van der Waals surface area (Å²) in [5, 5.41) is 11.3. The van der Waals surface area contributed by atoms with Crippen LogP contribution in [-0.4, -0.2) is 7.11 Å². The molecule has 62 valence electrons. The number of halogens is 1. The molecule has 0 spiro atoms. The van der Waals surface area contributed by atoms with E-state index in [1.807, 2.05) is 0 Å². The second kappa shape index (κ2) is 3.96. The van der Waals surface area contributed by atoms with Gasteiger partial charge in [0.05, 0.1) is 23.2 Å². The summed E-state index contributed by atoms with van der Waals surface area (Å²) in [5.41, 5.74) is 0.620. The Morgan fingerprint density at radius 3 is 2.92 bits per heavy atom. The van der Waals surface area contributed by atoms with Crippen LogP contribution in [0.5, 0.6) is 0 Å². The van der Waals surface area contributed by atoms with Crippen molar-refractivity contribution in [3.63, 3.8) is 0 Å². The van der Waals surface area contributed by atoms with Crippen molar-refractivity contribution in [3.05, 3.63) is 46.9 Å². The van der Waals surface area contributed by atoms with Gasteiger partial charge in [0.2, 0.25) is 0 Å². The number of methoxy groups -OCH3 is 1. The summed E-state index contributed by atoms with van der Waals surface area (Å²) in [7, 11) is 1.31. The van der Waals surface area contributed by atoms with E-state index in [-0.39, 0.29) is 0 Å². The zero-order valence-corrected chi connectivity index (χ0v) is 7.26. The highest BCUT2D eigenvalue weighted by Gasteiger charge is 2.00. The van der Waals surface area contributed by atoms with Gasteiger partial charge in [0, 0.05) is 0 Å². The Kier molecular flexibility index (Phi) is 2.92. The van der Waals surface area contributed by atoms with E-state index >= 15 is 0 Å². The molecule has 12 heavy (non-hydrogen) atoms. The maximum absolute atomic E-state index is 10.7. The second-order valence-corrected chi connectivity index (χ2v) is 2.56. The summed E-state index contributed by atoms with van der Waals surface area (Å²) < 4.78 is 4.40. The maximum atomic E-state index is 10.7. The van der Waals surface area contributed by atoms with Crippen molar-refractivity contribution in [3.8, 4) is 0 Å². The van der Waals surface area contributed by atoms with Crippen LogP contribution < -0.4 is 5.11 Å². The predicted octanol–water partition coefficient (Wildman–Crippen LogP) is 1.34. The molecule has 0 amide bonds. The molecule has 0 aliphatic heterocycles. The summed E-state index contributed by atoms with van der Waals surface area (Å²) in [6.45, 7) is 0. The Hall–Kier alpha value is -1.24.